The normalized spacial score (nSPS) is 12.2. The highest BCUT2D eigenvalue weighted by molar-refractivity contribution is 9.10. The van der Waals surface area contributed by atoms with Crippen LogP contribution in [0.2, 0.25) is 5.02 Å². The van der Waals surface area contributed by atoms with Gasteiger partial charge in [0.1, 0.15) is 11.6 Å². The van der Waals surface area contributed by atoms with Crippen molar-refractivity contribution in [2.75, 3.05) is 13.7 Å². The van der Waals surface area contributed by atoms with E-state index < -0.39 is 0 Å². The van der Waals surface area contributed by atoms with Crippen LogP contribution in [-0.2, 0) is 0 Å². The van der Waals surface area contributed by atoms with E-state index in [1.807, 2.05) is 25.1 Å². The van der Waals surface area contributed by atoms with Crippen LogP contribution in [0.4, 0.5) is 4.39 Å². The summed E-state index contributed by atoms with van der Waals surface area (Å²) in [5, 5.41) is 3.67. The molecule has 1 unspecified atom stereocenters. The monoisotopic (exact) mass is 371 g/mol. The lowest BCUT2D eigenvalue weighted by atomic mass is 9.97. The molecule has 21 heavy (non-hydrogen) atoms. The summed E-state index contributed by atoms with van der Waals surface area (Å²) in [6.45, 7) is 2.68. The van der Waals surface area contributed by atoms with E-state index in [0.29, 0.717) is 22.9 Å². The van der Waals surface area contributed by atoms with Crippen LogP contribution in [-0.4, -0.2) is 13.7 Å². The van der Waals surface area contributed by atoms with E-state index in [4.69, 9.17) is 16.3 Å². The molecular formula is C16H16BrClFNO. The lowest BCUT2D eigenvalue weighted by molar-refractivity contribution is 0.403. The van der Waals surface area contributed by atoms with E-state index in [0.717, 1.165) is 10.0 Å². The standard InChI is InChI=1S/C16H16BrClFNO/c1-3-20-16(12-7-5-11(18)9-14(12)19)13-6-4-10(17)8-15(13)21-2/h4-9,16,20H,3H2,1-2H3. The number of rotatable bonds is 5. The van der Waals surface area contributed by atoms with Crippen molar-refractivity contribution in [2.45, 2.75) is 13.0 Å². The third-order valence-electron chi connectivity index (χ3n) is 3.19. The quantitative estimate of drug-likeness (QED) is 0.802. The first kappa shape index (κ1) is 16.3. The maximum Gasteiger partial charge on any atom is 0.129 e. The van der Waals surface area contributed by atoms with Gasteiger partial charge in [-0.25, -0.2) is 4.39 Å². The third kappa shape index (κ3) is 3.76. The third-order valence-corrected chi connectivity index (χ3v) is 3.92. The maximum atomic E-state index is 14.2. The summed E-state index contributed by atoms with van der Waals surface area (Å²) in [5.41, 5.74) is 1.42. The zero-order valence-electron chi connectivity index (χ0n) is 11.8. The summed E-state index contributed by atoms with van der Waals surface area (Å²) in [6.07, 6.45) is 0. The molecule has 1 N–H and O–H groups in total. The summed E-state index contributed by atoms with van der Waals surface area (Å²) in [7, 11) is 1.60. The Labute approximate surface area is 137 Å². The number of halogens is 3. The second kappa shape index (κ2) is 7.25. The van der Waals surface area contributed by atoms with Gasteiger partial charge >= 0.3 is 0 Å². The van der Waals surface area contributed by atoms with E-state index in [2.05, 4.69) is 21.2 Å². The Balaban J connectivity index is 2.53. The average molecular weight is 373 g/mol. The van der Waals surface area contributed by atoms with Gasteiger partial charge in [-0.05, 0) is 30.8 Å². The second-order valence-electron chi connectivity index (χ2n) is 4.54. The number of methoxy groups -OCH3 is 1. The van der Waals surface area contributed by atoms with Gasteiger partial charge in [0, 0.05) is 20.6 Å². The molecule has 112 valence electrons. The summed E-state index contributed by atoms with van der Waals surface area (Å²) in [6, 6.07) is 10.1. The number of hydrogen-bond acceptors (Lipinski definition) is 2. The number of nitrogens with one attached hydrogen (secondary N) is 1. The van der Waals surface area contributed by atoms with Crippen molar-refractivity contribution in [1.29, 1.82) is 0 Å². The summed E-state index contributed by atoms with van der Waals surface area (Å²) < 4.78 is 20.6. The van der Waals surface area contributed by atoms with Gasteiger partial charge in [0.2, 0.25) is 0 Å². The lowest BCUT2D eigenvalue weighted by Gasteiger charge is -2.22. The molecule has 0 spiro atoms. The van der Waals surface area contributed by atoms with Crippen LogP contribution < -0.4 is 10.1 Å². The minimum atomic E-state index is -0.335. The van der Waals surface area contributed by atoms with E-state index in [1.165, 1.54) is 6.07 Å². The van der Waals surface area contributed by atoms with Crippen LogP contribution in [0.5, 0.6) is 5.75 Å². The van der Waals surface area contributed by atoms with Gasteiger partial charge in [0.05, 0.1) is 13.2 Å². The Kier molecular flexibility index (Phi) is 5.62. The van der Waals surface area contributed by atoms with E-state index in [9.17, 15) is 4.39 Å². The highest BCUT2D eigenvalue weighted by Crippen LogP contribution is 2.34. The van der Waals surface area contributed by atoms with Crippen molar-refractivity contribution in [3.8, 4) is 5.75 Å². The Morgan fingerprint density at radius 1 is 1.24 bits per heavy atom. The molecule has 0 aliphatic carbocycles. The molecule has 0 radical (unpaired) electrons. The Hall–Kier alpha value is -1.10. The first-order valence-corrected chi connectivity index (χ1v) is 7.75. The molecule has 0 saturated carbocycles. The number of benzene rings is 2. The minimum absolute atomic E-state index is 0.296. The summed E-state index contributed by atoms with van der Waals surface area (Å²) >= 11 is 9.25. The molecule has 2 rings (SSSR count). The fourth-order valence-electron chi connectivity index (χ4n) is 2.25. The largest absolute Gasteiger partial charge is 0.496 e. The maximum absolute atomic E-state index is 14.2. The molecule has 0 amide bonds. The predicted molar refractivity (Wildman–Crippen MR) is 87.6 cm³/mol. The summed E-state index contributed by atoms with van der Waals surface area (Å²) in [5.74, 6) is 0.364. The molecule has 0 aromatic heterocycles. The van der Waals surface area contributed by atoms with Crippen molar-refractivity contribution in [3.63, 3.8) is 0 Å². The van der Waals surface area contributed by atoms with E-state index in [-0.39, 0.29) is 11.9 Å². The Morgan fingerprint density at radius 3 is 2.57 bits per heavy atom. The number of hydrogen-bond donors (Lipinski definition) is 1. The molecule has 1 atom stereocenters. The molecule has 0 aliphatic rings. The molecule has 0 bridgehead atoms. The zero-order chi connectivity index (χ0) is 15.4. The van der Waals surface area contributed by atoms with Crippen molar-refractivity contribution < 1.29 is 9.13 Å². The SMILES string of the molecule is CCNC(c1ccc(Cl)cc1F)c1ccc(Br)cc1OC. The van der Waals surface area contributed by atoms with Crippen LogP contribution in [0.3, 0.4) is 0 Å². The second-order valence-corrected chi connectivity index (χ2v) is 5.89. The van der Waals surface area contributed by atoms with Gasteiger partial charge in [-0.2, -0.15) is 0 Å². The molecule has 0 saturated heterocycles. The van der Waals surface area contributed by atoms with Gasteiger partial charge in [0.25, 0.3) is 0 Å². The van der Waals surface area contributed by atoms with Crippen LogP contribution in [0, 0.1) is 5.82 Å². The summed E-state index contributed by atoms with van der Waals surface area (Å²) in [4.78, 5) is 0. The highest BCUT2D eigenvalue weighted by Gasteiger charge is 2.21. The molecule has 2 nitrogen and oxygen atoms in total. The fourth-order valence-corrected chi connectivity index (χ4v) is 2.75. The fraction of sp³-hybridized carbons (Fsp3) is 0.250. The molecule has 2 aromatic rings. The molecular weight excluding hydrogens is 357 g/mol. The van der Waals surface area contributed by atoms with Gasteiger partial charge in [-0.1, -0.05) is 46.6 Å². The number of ether oxygens (including phenoxy) is 1. The topological polar surface area (TPSA) is 21.3 Å². The van der Waals surface area contributed by atoms with E-state index >= 15 is 0 Å². The molecule has 2 aromatic carbocycles. The first-order chi connectivity index (χ1) is 10.1. The van der Waals surface area contributed by atoms with Gasteiger partial charge in [-0.3, -0.25) is 0 Å². The smallest absolute Gasteiger partial charge is 0.129 e. The Bertz CT molecular complexity index is 636. The van der Waals surface area contributed by atoms with Crippen molar-refractivity contribution in [1.82, 2.24) is 5.32 Å². The lowest BCUT2D eigenvalue weighted by Crippen LogP contribution is -2.23. The Morgan fingerprint density at radius 2 is 1.95 bits per heavy atom. The van der Waals surface area contributed by atoms with Crippen LogP contribution in [0.1, 0.15) is 24.1 Å². The van der Waals surface area contributed by atoms with Crippen LogP contribution in [0.15, 0.2) is 40.9 Å². The average Bonchev–Trinajstić information content (AvgIpc) is 2.45. The molecule has 0 aliphatic heterocycles. The van der Waals surface area contributed by atoms with Gasteiger partial charge < -0.3 is 10.1 Å². The van der Waals surface area contributed by atoms with Crippen molar-refractivity contribution >= 4 is 27.5 Å². The molecule has 5 heteroatoms. The zero-order valence-corrected chi connectivity index (χ0v) is 14.1. The minimum Gasteiger partial charge on any atom is -0.496 e. The van der Waals surface area contributed by atoms with Gasteiger partial charge in [-0.15, -0.1) is 0 Å². The van der Waals surface area contributed by atoms with Crippen LogP contribution >= 0.6 is 27.5 Å². The predicted octanol–water partition coefficient (Wildman–Crippen LogP) is 4.95. The van der Waals surface area contributed by atoms with Crippen LogP contribution in [0.25, 0.3) is 0 Å². The van der Waals surface area contributed by atoms with Crippen molar-refractivity contribution in [3.05, 3.63) is 62.8 Å². The molecule has 0 fully saturated rings. The van der Waals surface area contributed by atoms with E-state index in [1.54, 1.807) is 19.2 Å². The first-order valence-electron chi connectivity index (χ1n) is 6.58. The molecule has 0 heterocycles. The highest BCUT2D eigenvalue weighted by atomic mass is 79.9. The van der Waals surface area contributed by atoms with Gasteiger partial charge in [0.15, 0.2) is 0 Å². The van der Waals surface area contributed by atoms with Crippen molar-refractivity contribution in [2.24, 2.45) is 0 Å².